The minimum Gasteiger partial charge on any atom is -0.468 e. The molecule has 0 heterocycles. The number of halogens is 1. The number of carbonyl (C=O) groups excluding carboxylic acids is 2. The van der Waals surface area contributed by atoms with Gasteiger partial charge in [-0.2, -0.15) is 0 Å². The number of esters is 1. The summed E-state index contributed by atoms with van der Waals surface area (Å²) in [4.78, 5) is 24.4. The highest BCUT2D eigenvalue weighted by atomic mass is 79.9. The molecule has 0 aliphatic rings. The molecule has 0 aromatic heterocycles. The van der Waals surface area contributed by atoms with Crippen LogP contribution in [0.1, 0.15) is 27.5 Å². The third-order valence-corrected chi connectivity index (χ3v) is 4.91. The minimum atomic E-state index is -0.365. The van der Waals surface area contributed by atoms with Gasteiger partial charge in [0.05, 0.1) is 19.7 Å². The van der Waals surface area contributed by atoms with Crippen LogP contribution in [0.3, 0.4) is 0 Å². The van der Waals surface area contributed by atoms with Gasteiger partial charge in [0, 0.05) is 15.7 Å². The average molecular weight is 453 g/mol. The van der Waals surface area contributed by atoms with Crippen molar-refractivity contribution in [3.8, 4) is 0 Å². The number of rotatable bonds is 7. The van der Waals surface area contributed by atoms with E-state index in [4.69, 9.17) is 4.74 Å². The maximum Gasteiger partial charge on any atom is 0.319 e. The van der Waals surface area contributed by atoms with Crippen LogP contribution in [0.4, 0.5) is 5.69 Å². The average Bonchev–Trinajstić information content (AvgIpc) is 2.76. The Kier molecular flexibility index (Phi) is 7.16. The summed E-state index contributed by atoms with van der Waals surface area (Å²) in [7, 11) is 1.35. The van der Waals surface area contributed by atoms with Crippen molar-refractivity contribution in [1.82, 2.24) is 5.32 Å². The zero-order chi connectivity index (χ0) is 20.6. The zero-order valence-corrected chi connectivity index (χ0v) is 17.5. The van der Waals surface area contributed by atoms with Crippen LogP contribution >= 0.6 is 15.9 Å². The molecule has 3 aromatic rings. The third kappa shape index (κ3) is 5.53. The molecule has 29 heavy (non-hydrogen) atoms. The Morgan fingerprint density at radius 1 is 0.966 bits per heavy atom. The molecule has 5 nitrogen and oxygen atoms in total. The number of carbonyl (C=O) groups is 2. The van der Waals surface area contributed by atoms with Gasteiger partial charge in [0.2, 0.25) is 0 Å². The van der Waals surface area contributed by atoms with Gasteiger partial charge >= 0.3 is 5.97 Å². The van der Waals surface area contributed by atoms with Crippen molar-refractivity contribution in [2.75, 3.05) is 19.0 Å². The number of anilines is 1. The van der Waals surface area contributed by atoms with Crippen LogP contribution in [0, 0.1) is 0 Å². The number of amides is 1. The predicted octanol–water partition coefficient (Wildman–Crippen LogP) is 4.55. The SMILES string of the molecule is COC(=O)CN[C@@H](c1ccccc1)c1cc(Br)ccc1NC(=O)c1ccccc1. The van der Waals surface area contributed by atoms with E-state index < -0.39 is 0 Å². The molecule has 2 N–H and O–H groups in total. The Morgan fingerprint density at radius 2 is 1.62 bits per heavy atom. The second kappa shape index (κ2) is 10.0. The van der Waals surface area contributed by atoms with E-state index in [9.17, 15) is 9.59 Å². The summed E-state index contributed by atoms with van der Waals surface area (Å²) in [6.45, 7) is 0.0364. The number of ether oxygens (including phenoxy) is 1. The monoisotopic (exact) mass is 452 g/mol. The van der Waals surface area contributed by atoms with Gasteiger partial charge in [0.25, 0.3) is 5.91 Å². The van der Waals surface area contributed by atoms with E-state index in [1.165, 1.54) is 7.11 Å². The van der Waals surface area contributed by atoms with Crippen LogP contribution in [0.25, 0.3) is 0 Å². The quantitative estimate of drug-likeness (QED) is 0.515. The largest absolute Gasteiger partial charge is 0.468 e. The topological polar surface area (TPSA) is 67.4 Å². The molecular weight excluding hydrogens is 432 g/mol. The van der Waals surface area contributed by atoms with Gasteiger partial charge < -0.3 is 10.1 Å². The van der Waals surface area contributed by atoms with Gasteiger partial charge in [-0.3, -0.25) is 14.9 Å². The molecule has 0 aliphatic heterocycles. The second-order valence-corrected chi connectivity index (χ2v) is 7.27. The smallest absolute Gasteiger partial charge is 0.319 e. The van der Waals surface area contributed by atoms with E-state index in [-0.39, 0.29) is 24.5 Å². The number of methoxy groups -OCH3 is 1. The molecule has 6 heteroatoms. The fourth-order valence-corrected chi connectivity index (χ4v) is 3.36. The number of nitrogens with one attached hydrogen (secondary N) is 2. The van der Waals surface area contributed by atoms with Crippen LogP contribution in [0.15, 0.2) is 83.3 Å². The van der Waals surface area contributed by atoms with Crippen molar-refractivity contribution in [3.05, 3.63) is 100 Å². The summed E-state index contributed by atoms with van der Waals surface area (Å²) in [6.07, 6.45) is 0. The lowest BCUT2D eigenvalue weighted by Crippen LogP contribution is -2.30. The molecule has 1 atom stereocenters. The third-order valence-electron chi connectivity index (χ3n) is 4.42. The van der Waals surface area contributed by atoms with E-state index in [1.807, 2.05) is 66.7 Å². The zero-order valence-electron chi connectivity index (χ0n) is 15.9. The fraction of sp³-hybridized carbons (Fsp3) is 0.130. The number of hydrogen-bond acceptors (Lipinski definition) is 4. The molecule has 0 saturated heterocycles. The molecule has 3 rings (SSSR count). The molecule has 148 valence electrons. The van der Waals surface area contributed by atoms with Crippen molar-refractivity contribution in [3.63, 3.8) is 0 Å². The highest BCUT2D eigenvalue weighted by molar-refractivity contribution is 9.10. The molecule has 0 radical (unpaired) electrons. The Hall–Kier alpha value is -2.96. The lowest BCUT2D eigenvalue weighted by Gasteiger charge is -2.23. The maximum atomic E-state index is 12.7. The Balaban J connectivity index is 1.97. The minimum absolute atomic E-state index is 0.0364. The van der Waals surface area contributed by atoms with Crippen molar-refractivity contribution in [2.45, 2.75) is 6.04 Å². The van der Waals surface area contributed by atoms with E-state index >= 15 is 0 Å². The van der Waals surface area contributed by atoms with Crippen LogP contribution < -0.4 is 10.6 Å². The van der Waals surface area contributed by atoms with Crippen LogP contribution in [-0.4, -0.2) is 25.5 Å². The molecule has 0 fully saturated rings. The summed E-state index contributed by atoms with van der Waals surface area (Å²) < 4.78 is 5.63. The summed E-state index contributed by atoms with van der Waals surface area (Å²) in [6, 6.07) is 24.1. The number of benzene rings is 3. The Morgan fingerprint density at radius 3 is 2.28 bits per heavy atom. The number of hydrogen-bond donors (Lipinski definition) is 2. The van der Waals surface area contributed by atoms with Gasteiger partial charge in [-0.05, 0) is 41.5 Å². The lowest BCUT2D eigenvalue weighted by atomic mass is 9.96. The van der Waals surface area contributed by atoms with Crippen molar-refractivity contribution >= 4 is 33.5 Å². The van der Waals surface area contributed by atoms with Crippen LogP contribution in [-0.2, 0) is 9.53 Å². The van der Waals surface area contributed by atoms with Gasteiger partial charge in [-0.15, -0.1) is 0 Å². The summed E-state index contributed by atoms with van der Waals surface area (Å²) in [5.41, 5.74) is 3.02. The summed E-state index contributed by atoms with van der Waals surface area (Å²) >= 11 is 3.51. The first-order chi connectivity index (χ1) is 14.1. The van der Waals surface area contributed by atoms with Crippen LogP contribution in [0.5, 0.6) is 0 Å². The molecule has 0 bridgehead atoms. The maximum absolute atomic E-state index is 12.7. The first-order valence-corrected chi connectivity index (χ1v) is 9.89. The molecule has 1 amide bonds. The normalized spacial score (nSPS) is 11.5. The summed E-state index contributed by atoms with van der Waals surface area (Å²) in [5, 5.41) is 6.23. The molecule has 0 aliphatic carbocycles. The van der Waals surface area contributed by atoms with Gasteiger partial charge in [0.15, 0.2) is 0 Å². The first-order valence-electron chi connectivity index (χ1n) is 9.09. The highest BCUT2D eigenvalue weighted by Gasteiger charge is 2.20. The Bertz CT molecular complexity index is 978. The van der Waals surface area contributed by atoms with E-state index in [1.54, 1.807) is 12.1 Å². The molecule has 3 aromatic carbocycles. The highest BCUT2D eigenvalue weighted by Crippen LogP contribution is 2.31. The van der Waals surface area contributed by atoms with Crippen molar-refractivity contribution in [1.29, 1.82) is 0 Å². The molecule has 0 unspecified atom stereocenters. The molecular formula is C23H21BrN2O3. The Labute approximate surface area is 178 Å². The van der Waals surface area contributed by atoms with Crippen molar-refractivity contribution < 1.29 is 14.3 Å². The summed E-state index contributed by atoms with van der Waals surface area (Å²) in [5.74, 6) is -0.565. The van der Waals surface area contributed by atoms with Gasteiger partial charge in [-0.1, -0.05) is 64.5 Å². The fourth-order valence-electron chi connectivity index (χ4n) is 2.98. The van der Waals surface area contributed by atoms with E-state index in [0.29, 0.717) is 11.3 Å². The first kappa shape index (κ1) is 20.8. The second-order valence-electron chi connectivity index (χ2n) is 6.35. The van der Waals surface area contributed by atoms with Crippen LogP contribution in [0.2, 0.25) is 0 Å². The molecule has 0 saturated carbocycles. The van der Waals surface area contributed by atoms with Gasteiger partial charge in [0.1, 0.15) is 0 Å². The lowest BCUT2D eigenvalue weighted by molar-refractivity contribution is -0.139. The van der Waals surface area contributed by atoms with E-state index in [2.05, 4.69) is 26.6 Å². The van der Waals surface area contributed by atoms with Crippen molar-refractivity contribution in [2.24, 2.45) is 0 Å². The molecule has 0 spiro atoms. The predicted molar refractivity (Wildman–Crippen MR) is 117 cm³/mol. The standard InChI is InChI=1S/C23H21BrN2O3/c1-29-21(27)15-25-22(16-8-4-2-5-9-16)19-14-18(24)12-13-20(19)26-23(28)17-10-6-3-7-11-17/h2-14,22,25H,15H2,1H3,(H,26,28)/t22-/m0/s1. The van der Waals surface area contributed by atoms with E-state index in [0.717, 1.165) is 15.6 Å². The van der Waals surface area contributed by atoms with Gasteiger partial charge in [-0.25, -0.2) is 0 Å².